The molecule has 6 heteroatoms. The molecule has 2 rings (SSSR count). The highest BCUT2D eigenvalue weighted by molar-refractivity contribution is 5.25. The Hall–Kier alpha value is -1.85. The van der Waals surface area contributed by atoms with Crippen LogP contribution in [0.3, 0.4) is 0 Å². The largest absolute Gasteiger partial charge is 0.416 e. The van der Waals surface area contributed by atoms with Gasteiger partial charge in [-0.05, 0) is 24.6 Å². The maximum absolute atomic E-state index is 12.5. The van der Waals surface area contributed by atoms with Crippen molar-refractivity contribution in [1.29, 1.82) is 0 Å². The van der Waals surface area contributed by atoms with E-state index in [1.165, 1.54) is 10.7 Å². The fourth-order valence-electron chi connectivity index (χ4n) is 1.45. The molecule has 0 unspecified atom stereocenters. The van der Waals surface area contributed by atoms with Gasteiger partial charge in [0.2, 0.25) is 0 Å². The van der Waals surface area contributed by atoms with Crippen LogP contribution in [0.15, 0.2) is 30.5 Å². The van der Waals surface area contributed by atoms with Crippen LogP contribution < -0.4 is 0 Å². The molecule has 1 heterocycles. The smallest absolute Gasteiger partial charge is 0.248 e. The minimum Gasteiger partial charge on any atom is -0.248 e. The monoisotopic (exact) mass is 240 g/mol. The third-order valence-electron chi connectivity index (χ3n) is 2.18. The zero-order valence-electron chi connectivity index (χ0n) is 8.78. The fourth-order valence-corrected chi connectivity index (χ4v) is 1.45. The van der Waals surface area contributed by atoms with Gasteiger partial charge in [0.05, 0.1) is 17.8 Å². The van der Waals surface area contributed by atoms with Crippen molar-refractivity contribution in [2.75, 3.05) is 0 Å². The van der Waals surface area contributed by atoms with Crippen LogP contribution in [0, 0.1) is 6.92 Å². The van der Waals surface area contributed by atoms with Gasteiger partial charge in [-0.15, -0.1) is 5.10 Å². The Bertz CT molecular complexity index is 517. The van der Waals surface area contributed by atoms with E-state index in [2.05, 4.69) is 17.2 Å². The van der Waals surface area contributed by atoms with Gasteiger partial charge in [-0.25, -0.2) is 4.68 Å². The third-order valence-corrected chi connectivity index (χ3v) is 2.18. The first-order chi connectivity index (χ1) is 7.95. The molecule has 0 aliphatic heterocycles. The molecule has 0 N–H and O–H groups in total. The molecule has 0 saturated heterocycles. The predicted octanol–water partition coefficient (Wildman–Crippen LogP) is 2.53. The Balaban J connectivity index is 2.22. The topological polar surface area (TPSA) is 30.7 Å². The molecule has 0 spiro atoms. The van der Waals surface area contributed by atoms with E-state index < -0.39 is 11.7 Å². The van der Waals surface area contributed by atoms with E-state index in [0.29, 0.717) is 11.3 Å². The van der Waals surface area contributed by atoms with Crippen LogP contribution >= 0.6 is 0 Å². The summed E-state index contributed by atoms with van der Waals surface area (Å²) in [5, 5.41) is 7.39. The summed E-state index contributed by atoms with van der Waals surface area (Å²) in [5.41, 5.74) is 0.340. The lowest BCUT2D eigenvalue weighted by molar-refractivity contribution is -0.137. The van der Waals surface area contributed by atoms with Crippen molar-refractivity contribution < 1.29 is 13.2 Å². The minimum absolute atomic E-state index is 0.242. The van der Waals surface area contributed by atoms with Crippen molar-refractivity contribution in [2.24, 2.45) is 0 Å². The molecule has 0 aliphatic rings. The summed E-state index contributed by atoms with van der Waals surface area (Å²) >= 11 is 0. The molecular weight excluding hydrogens is 231 g/mol. The van der Waals surface area contributed by atoms with E-state index >= 15 is 0 Å². The van der Waals surface area contributed by atoms with Crippen molar-refractivity contribution in [2.45, 2.75) is 12.7 Å². The molecule has 2 aromatic rings. The van der Waals surface area contributed by atoms with Crippen LogP contribution in [-0.2, 0) is 12.7 Å². The summed E-state index contributed by atoms with van der Waals surface area (Å²) in [7, 11) is 0. The van der Waals surface area contributed by atoms with Gasteiger partial charge < -0.3 is 0 Å². The summed E-state index contributed by atoms with van der Waals surface area (Å²) in [6.45, 7) is 3.81. The number of benzene rings is 1. The van der Waals surface area contributed by atoms with E-state index in [4.69, 9.17) is 0 Å². The highest BCUT2D eigenvalue weighted by Crippen LogP contribution is 2.29. The van der Waals surface area contributed by atoms with Crippen LogP contribution in [0.5, 0.6) is 0 Å². The molecule has 0 fully saturated rings. The first-order valence-corrected chi connectivity index (χ1v) is 4.83. The van der Waals surface area contributed by atoms with E-state index in [1.54, 1.807) is 12.3 Å². The first kappa shape index (κ1) is 11.6. The second-order valence-electron chi connectivity index (χ2n) is 3.61. The first-order valence-electron chi connectivity index (χ1n) is 4.83. The maximum Gasteiger partial charge on any atom is 0.416 e. The summed E-state index contributed by atoms with van der Waals surface area (Å²) in [4.78, 5) is 0. The van der Waals surface area contributed by atoms with Crippen molar-refractivity contribution in [3.05, 3.63) is 54.2 Å². The van der Waals surface area contributed by atoms with Crippen molar-refractivity contribution >= 4 is 0 Å². The number of aromatic nitrogens is 3. The quantitative estimate of drug-likeness (QED) is 0.807. The lowest BCUT2D eigenvalue weighted by Crippen LogP contribution is -2.07. The number of hydrogen-bond donors (Lipinski definition) is 0. The SMILES string of the molecule is [CH2]c1cn(Cc2cccc(C(F)(F)F)c2)nn1. The molecule has 1 aromatic carbocycles. The van der Waals surface area contributed by atoms with Crippen LogP contribution in [0.2, 0.25) is 0 Å². The van der Waals surface area contributed by atoms with Crippen LogP contribution in [0.25, 0.3) is 0 Å². The van der Waals surface area contributed by atoms with Gasteiger partial charge in [-0.1, -0.05) is 17.3 Å². The molecule has 1 aromatic heterocycles. The van der Waals surface area contributed by atoms with Crippen LogP contribution in [0.4, 0.5) is 13.2 Å². The maximum atomic E-state index is 12.5. The Labute approximate surface area is 95.9 Å². The van der Waals surface area contributed by atoms with Gasteiger partial charge in [0.25, 0.3) is 0 Å². The lowest BCUT2D eigenvalue weighted by atomic mass is 10.1. The van der Waals surface area contributed by atoms with Gasteiger partial charge in [-0.3, -0.25) is 0 Å². The van der Waals surface area contributed by atoms with Crippen LogP contribution in [-0.4, -0.2) is 15.0 Å². The molecule has 1 radical (unpaired) electrons. The third kappa shape index (κ3) is 2.83. The molecule has 17 heavy (non-hydrogen) atoms. The molecule has 0 atom stereocenters. The predicted molar refractivity (Wildman–Crippen MR) is 55.0 cm³/mol. The summed E-state index contributed by atoms with van der Waals surface area (Å²) in [6, 6.07) is 5.13. The van der Waals surface area contributed by atoms with E-state index in [-0.39, 0.29) is 6.54 Å². The van der Waals surface area contributed by atoms with E-state index in [9.17, 15) is 13.2 Å². The zero-order valence-corrected chi connectivity index (χ0v) is 8.78. The molecule has 3 nitrogen and oxygen atoms in total. The van der Waals surface area contributed by atoms with Gasteiger partial charge >= 0.3 is 6.18 Å². The second-order valence-corrected chi connectivity index (χ2v) is 3.61. The standard InChI is InChI=1S/C11H9F3N3/c1-8-6-17(16-15-8)7-9-3-2-4-10(5-9)11(12,13)14/h2-6H,1,7H2. The van der Waals surface area contributed by atoms with E-state index in [0.717, 1.165) is 12.1 Å². The highest BCUT2D eigenvalue weighted by Gasteiger charge is 2.30. The Kier molecular flexibility index (Phi) is 2.87. The van der Waals surface area contributed by atoms with Gasteiger partial charge in [0.1, 0.15) is 0 Å². The number of hydrogen-bond acceptors (Lipinski definition) is 2. The Morgan fingerprint density at radius 1 is 1.29 bits per heavy atom. The second kappa shape index (κ2) is 4.20. The summed E-state index contributed by atoms with van der Waals surface area (Å²) in [5.74, 6) is 0. The molecule has 0 aliphatic carbocycles. The number of halogens is 3. The zero-order chi connectivity index (χ0) is 12.5. The number of alkyl halides is 3. The Morgan fingerprint density at radius 2 is 2.06 bits per heavy atom. The average molecular weight is 240 g/mol. The molecule has 89 valence electrons. The van der Waals surface area contributed by atoms with E-state index in [1.807, 2.05) is 0 Å². The molecule has 0 bridgehead atoms. The van der Waals surface area contributed by atoms with Gasteiger partial charge in [0.15, 0.2) is 0 Å². The molecular formula is C11H9F3N3. The average Bonchev–Trinajstić information content (AvgIpc) is 2.63. The fraction of sp³-hybridized carbons (Fsp3) is 0.182. The van der Waals surface area contributed by atoms with Gasteiger partial charge in [-0.2, -0.15) is 13.2 Å². The van der Waals surface area contributed by atoms with Crippen LogP contribution in [0.1, 0.15) is 16.8 Å². The van der Waals surface area contributed by atoms with Crippen molar-refractivity contribution in [3.63, 3.8) is 0 Å². The lowest BCUT2D eigenvalue weighted by Gasteiger charge is -2.08. The summed E-state index contributed by atoms with van der Waals surface area (Å²) < 4.78 is 38.8. The molecule has 0 saturated carbocycles. The summed E-state index contributed by atoms with van der Waals surface area (Å²) in [6.07, 6.45) is -2.75. The number of rotatable bonds is 2. The highest BCUT2D eigenvalue weighted by atomic mass is 19.4. The van der Waals surface area contributed by atoms with Crippen molar-refractivity contribution in [3.8, 4) is 0 Å². The normalized spacial score (nSPS) is 11.8. The minimum atomic E-state index is -4.32. The number of nitrogens with zero attached hydrogens (tertiary/aromatic N) is 3. The Morgan fingerprint density at radius 3 is 2.65 bits per heavy atom. The molecule has 0 amide bonds. The van der Waals surface area contributed by atoms with Crippen molar-refractivity contribution in [1.82, 2.24) is 15.0 Å². The van der Waals surface area contributed by atoms with Gasteiger partial charge in [0, 0.05) is 6.20 Å².